The summed E-state index contributed by atoms with van der Waals surface area (Å²) in [6.45, 7) is 2.62. The fraction of sp³-hybridized carbons (Fsp3) is 0.350. The zero-order valence-electron chi connectivity index (χ0n) is 16.0. The van der Waals surface area contributed by atoms with Gasteiger partial charge in [-0.05, 0) is 31.2 Å². The Morgan fingerprint density at radius 2 is 2.07 bits per heavy atom. The smallest absolute Gasteiger partial charge is 0.257 e. The van der Waals surface area contributed by atoms with Crippen molar-refractivity contribution in [2.75, 3.05) is 20.8 Å². The molecule has 3 aromatic rings. The SMILES string of the molecule is COc1ccc(-c2cc(O[C@H](C)[C@H]3CNC(=O)C3)c3ccnn3c2)nc1OC. The molecule has 8 heteroatoms. The zero-order chi connectivity index (χ0) is 19.7. The predicted molar refractivity (Wildman–Crippen MR) is 103 cm³/mol. The third-order valence-corrected chi connectivity index (χ3v) is 4.99. The number of nitrogens with zero attached hydrogens (tertiary/aromatic N) is 3. The van der Waals surface area contributed by atoms with Crippen molar-refractivity contribution in [2.45, 2.75) is 19.4 Å². The average molecular weight is 382 g/mol. The summed E-state index contributed by atoms with van der Waals surface area (Å²) in [5.41, 5.74) is 2.40. The van der Waals surface area contributed by atoms with Crippen molar-refractivity contribution in [3.63, 3.8) is 0 Å². The van der Waals surface area contributed by atoms with E-state index in [-0.39, 0.29) is 17.9 Å². The van der Waals surface area contributed by atoms with Crippen molar-refractivity contribution in [1.29, 1.82) is 0 Å². The van der Waals surface area contributed by atoms with Crippen LogP contribution >= 0.6 is 0 Å². The van der Waals surface area contributed by atoms with Crippen molar-refractivity contribution in [3.05, 3.63) is 36.7 Å². The van der Waals surface area contributed by atoms with E-state index in [2.05, 4.69) is 15.4 Å². The van der Waals surface area contributed by atoms with Gasteiger partial charge in [0.05, 0.1) is 26.1 Å². The minimum absolute atomic E-state index is 0.0678. The maximum Gasteiger partial charge on any atom is 0.257 e. The standard InChI is InChI=1S/C20H22N4O4/c1-12(13-9-19(25)21-10-13)28-18-8-14(11-24-16(18)6-7-22-24)15-4-5-17(26-2)20(23-15)27-3/h4-8,11-13H,9-10H2,1-3H3,(H,21,25)/t12-,13-/m1/s1. The Balaban J connectivity index is 1.70. The lowest BCUT2D eigenvalue weighted by Crippen LogP contribution is -2.25. The van der Waals surface area contributed by atoms with E-state index >= 15 is 0 Å². The van der Waals surface area contributed by atoms with E-state index < -0.39 is 0 Å². The summed E-state index contributed by atoms with van der Waals surface area (Å²) in [7, 11) is 3.13. The average Bonchev–Trinajstić information content (AvgIpc) is 3.36. The highest BCUT2D eigenvalue weighted by Crippen LogP contribution is 2.32. The summed E-state index contributed by atoms with van der Waals surface area (Å²) in [4.78, 5) is 16.1. The number of pyridine rings is 2. The first-order chi connectivity index (χ1) is 13.6. The molecule has 8 nitrogen and oxygen atoms in total. The number of ether oxygens (including phenoxy) is 3. The Morgan fingerprint density at radius 3 is 2.79 bits per heavy atom. The molecule has 0 saturated carbocycles. The van der Waals surface area contributed by atoms with Crippen LogP contribution in [0, 0.1) is 5.92 Å². The molecule has 1 aliphatic rings. The lowest BCUT2D eigenvalue weighted by molar-refractivity contribution is -0.119. The van der Waals surface area contributed by atoms with Crippen LogP contribution in [-0.4, -0.2) is 47.4 Å². The number of carbonyl (C=O) groups excluding carboxylic acids is 1. The molecule has 2 atom stereocenters. The van der Waals surface area contributed by atoms with Crippen molar-refractivity contribution >= 4 is 11.4 Å². The van der Waals surface area contributed by atoms with Crippen LogP contribution in [0.1, 0.15) is 13.3 Å². The van der Waals surface area contributed by atoms with Gasteiger partial charge in [0.2, 0.25) is 5.91 Å². The molecular formula is C20H22N4O4. The van der Waals surface area contributed by atoms with Crippen molar-refractivity contribution in [2.24, 2.45) is 5.92 Å². The highest BCUT2D eigenvalue weighted by molar-refractivity contribution is 5.78. The number of carbonyl (C=O) groups is 1. The molecular weight excluding hydrogens is 360 g/mol. The van der Waals surface area contributed by atoms with Gasteiger partial charge in [0.15, 0.2) is 5.75 Å². The fourth-order valence-electron chi connectivity index (χ4n) is 3.38. The van der Waals surface area contributed by atoms with Gasteiger partial charge in [-0.3, -0.25) is 4.79 Å². The Kier molecular flexibility index (Phi) is 4.77. The molecule has 1 amide bonds. The molecule has 1 saturated heterocycles. The second-order valence-electron chi connectivity index (χ2n) is 6.75. The summed E-state index contributed by atoms with van der Waals surface area (Å²) in [5, 5.41) is 7.20. The van der Waals surface area contributed by atoms with Crippen LogP contribution in [0.15, 0.2) is 36.7 Å². The highest BCUT2D eigenvalue weighted by atomic mass is 16.5. The summed E-state index contributed by atoms with van der Waals surface area (Å²) in [6, 6.07) is 7.50. The number of rotatable bonds is 6. The van der Waals surface area contributed by atoms with Gasteiger partial charge in [-0.1, -0.05) is 0 Å². The molecule has 0 radical (unpaired) electrons. The summed E-state index contributed by atoms with van der Waals surface area (Å²) >= 11 is 0. The Hall–Kier alpha value is -3.29. The van der Waals surface area contributed by atoms with E-state index in [1.165, 1.54) is 0 Å². The van der Waals surface area contributed by atoms with E-state index in [9.17, 15) is 4.79 Å². The van der Waals surface area contributed by atoms with Gasteiger partial charge in [-0.2, -0.15) is 5.10 Å². The zero-order valence-corrected chi connectivity index (χ0v) is 16.0. The van der Waals surface area contributed by atoms with Gasteiger partial charge in [0.25, 0.3) is 5.88 Å². The van der Waals surface area contributed by atoms with Crippen LogP contribution in [0.4, 0.5) is 0 Å². The normalized spacial score (nSPS) is 17.4. The molecule has 3 aromatic heterocycles. The van der Waals surface area contributed by atoms with Crippen LogP contribution in [0.3, 0.4) is 0 Å². The van der Waals surface area contributed by atoms with Crippen LogP contribution in [-0.2, 0) is 4.79 Å². The van der Waals surface area contributed by atoms with Gasteiger partial charge in [0.1, 0.15) is 17.4 Å². The van der Waals surface area contributed by atoms with E-state index in [4.69, 9.17) is 14.2 Å². The monoisotopic (exact) mass is 382 g/mol. The maximum absolute atomic E-state index is 11.5. The van der Waals surface area contributed by atoms with E-state index in [1.54, 1.807) is 24.9 Å². The number of hydrogen-bond acceptors (Lipinski definition) is 6. The van der Waals surface area contributed by atoms with E-state index in [1.807, 2.05) is 37.4 Å². The number of methoxy groups -OCH3 is 2. The van der Waals surface area contributed by atoms with Gasteiger partial charge in [-0.25, -0.2) is 9.50 Å². The van der Waals surface area contributed by atoms with Gasteiger partial charge in [0, 0.05) is 30.6 Å². The second kappa shape index (κ2) is 7.38. The summed E-state index contributed by atoms with van der Waals surface area (Å²) in [6.07, 6.45) is 3.97. The summed E-state index contributed by atoms with van der Waals surface area (Å²) < 4.78 is 18.6. The molecule has 146 valence electrons. The number of nitrogens with one attached hydrogen (secondary N) is 1. The largest absolute Gasteiger partial charge is 0.491 e. The number of fused-ring (bicyclic) bond motifs is 1. The molecule has 0 aromatic carbocycles. The minimum Gasteiger partial charge on any atom is -0.491 e. The maximum atomic E-state index is 11.5. The lowest BCUT2D eigenvalue weighted by atomic mass is 10.0. The van der Waals surface area contributed by atoms with E-state index in [0.29, 0.717) is 36.0 Å². The molecule has 1 N–H and O–H groups in total. The van der Waals surface area contributed by atoms with E-state index in [0.717, 1.165) is 11.1 Å². The lowest BCUT2D eigenvalue weighted by Gasteiger charge is -2.20. The second-order valence-corrected chi connectivity index (χ2v) is 6.75. The quantitative estimate of drug-likeness (QED) is 0.704. The third-order valence-electron chi connectivity index (χ3n) is 4.99. The molecule has 1 aliphatic heterocycles. The Morgan fingerprint density at radius 1 is 1.21 bits per heavy atom. The molecule has 1 fully saturated rings. The molecule has 0 unspecified atom stereocenters. The minimum atomic E-state index is -0.119. The van der Waals surface area contributed by atoms with Crippen LogP contribution in [0.25, 0.3) is 16.8 Å². The van der Waals surface area contributed by atoms with Crippen LogP contribution < -0.4 is 19.5 Å². The first-order valence-electron chi connectivity index (χ1n) is 9.09. The van der Waals surface area contributed by atoms with Gasteiger partial charge in [-0.15, -0.1) is 0 Å². The van der Waals surface area contributed by atoms with Gasteiger partial charge >= 0.3 is 0 Å². The Bertz CT molecular complexity index is 1020. The first-order valence-corrected chi connectivity index (χ1v) is 9.09. The number of hydrogen-bond donors (Lipinski definition) is 1. The van der Waals surface area contributed by atoms with Crippen molar-refractivity contribution in [1.82, 2.24) is 19.9 Å². The van der Waals surface area contributed by atoms with Crippen molar-refractivity contribution in [3.8, 4) is 28.6 Å². The molecule has 4 rings (SSSR count). The molecule has 0 bridgehead atoms. The predicted octanol–water partition coefficient (Wildman–Crippen LogP) is 2.32. The highest BCUT2D eigenvalue weighted by Gasteiger charge is 2.28. The Labute approximate surface area is 162 Å². The van der Waals surface area contributed by atoms with Crippen molar-refractivity contribution < 1.29 is 19.0 Å². The topological polar surface area (TPSA) is 87.0 Å². The fourth-order valence-corrected chi connectivity index (χ4v) is 3.38. The number of amides is 1. The number of aromatic nitrogens is 3. The van der Waals surface area contributed by atoms with Crippen LogP contribution in [0.2, 0.25) is 0 Å². The third kappa shape index (κ3) is 3.33. The van der Waals surface area contributed by atoms with Gasteiger partial charge < -0.3 is 19.5 Å². The first kappa shape index (κ1) is 18.1. The molecule has 4 heterocycles. The molecule has 0 aliphatic carbocycles. The molecule has 0 spiro atoms. The summed E-state index contributed by atoms with van der Waals surface area (Å²) in [5.74, 6) is 1.87. The van der Waals surface area contributed by atoms with Crippen LogP contribution in [0.5, 0.6) is 17.4 Å². The molecule has 28 heavy (non-hydrogen) atoms.